The van der Waals surface area contributed by atoms with E-state index < -0.39 is 15.6 Å². The van der Waals surface area contributed by atoms with E-state index in [0.717, 1.165) is 18.4 Å². The number of halogens is 3. The fourth-order valence-electron chi connectivity index (χ4n) is 2.00. The van der Waals surface area contributed by atoms with Crippen LogP contribution in [0.3, 0.4) is 0 Å². The van der Waals surface area contributed by atoms with Crippen molar-refractivity contribution in [2.75, 3.05) is 13.2 Å². The fourth-order valence-corrected chi connectivity index (χ4v) is 2.46. The van der Waals surface area contributed by atoms with Gasteiger partial charge in [-0.25, -0.2) is 0 Å². The lowest BCUT2D eigenvalue weighted by molar-refractivity contribution is -0.0500. The summed E-state index contributed by atoms with van der Waals surface area (Å²) in [5, 5.41) is 0. The summed E-state index contributed by atoms with van der Waals surface area (Å²) in [6.07, 6.45) is 1.67. The highest BCUT2D eigenvalue weighted by molar-refractivity contribution is 7.87. The largest absolute Gasteiger partial charge is 0.534 e. The zero-order chi connectivity index (χ0) is 14.8. The van der Waals surface area contributed by atoms with E-state index in [1.807, 2.05) is 0 Å². The number of rotatable bonds is 3. The number of benzene rings is 1. The normalized spacial score (nSPS) is 17.9. The molecule has 1 aliphatic heterocycles. The Bertz CT molecular complexity index is 545. The smallest absolute Gasteiger partial charge is 0.381 e. The molecule has 0 saturated carbocycles. The Morgan fingerprint density at radius 3 is 2.15 bits per heavy atom. The van der Waals surface area contributed by atoms with Crippen molar-refractivity contribution in [3.05, 3.63) is 29.8 Å². The summed E-state index contributed by atoms with van der Waals surface area (Å²) in [7, 11) is -5.61. The average molecular weight is 310 g/mol. The molecule has 0 amide bonds. The summed E-state index contributed by atoms with van der Waals surface area (Å²) in [6, 6.07) is 5.62. The van der Waals surface area contributed by atoms with E-state index in [1.54, 1.807) is 12.1 Å². The molecule has 2 rings (SSSR count). The van der Waals surface area contributed by atoms with Crippen LogP contribution in [0.5, 0.6) is 5.75 Å². The molecule has 1 aromatic carbocycles. The second kappa shape index (κ2) is 5.61. The number of hydrogen-bond donors (Lipinski definition) is 0. The number of alkyl halides is 3. The predicted molar refractivity (Wildman–Crippen MR) is 64.8 cm³/mol. The van der Waals surface area contributed by atoms with Gasteiger partial charge in [0.05, 0.1) is 0 Å². The van der Waals surface area contributed by atoms with E-state index >= 15 is 0 Å². The second-order valence-corrected chi connectivity index (χ2v) is 5.98. The minimum Gasteiger partial charge on any atom is -0.381 e. The Labute approximate surface area is 114 Å². The van der Waals surface area contributed by atoms with Crippen molar-refractivity contribution >= 4 is 10.1 Å². The molecule has 1 fully saturated rings. The summed E-state index contributed by atoms with van der Waals surface area (Å²) in [5.74, 6) is -0.0739. The molecule has 0 spiro atoms. The Hall–Kier alpha value is -1.28. The van der Waals surface area contributed by atoms with Gasteiger partial charge in [-0.2, -0.15) is 21.6 Å². The topological polar surface area (TPSA) is 52.6 Å². The molecule has 1 saturated heterocycles. The molecule has 0 radical (unpaired) electrons. The average Bonchev–Trinajstić information content (AvgIpc) is 2.39. The first-order valence-corrected chi connectivity index (χ1v) is 7.39. The predicted octanol–water partition coefficient (Wildman–Crippen LogP) is 2.81. The van der Waals surface area contributed by atoms with Crippen LogP contribution in [0.25, 0.3) is 0 Å². The minimum atomic E-state index is -5.61. The molecule has 4 nitrogen and oxygen atoms in total. The van der Waals surface area contributed by atoms with Gasteiger partial charge in [-0.3, -0.25) is 0 Å². The van der Waals surface area contributed by atoms with Crippen LogP contribution in [0.2, 0.25) is 0 Å². The van der Waals surface area contributed by atoms with Gasteiger partial charge in [-0.15, -0.1) is 0 Å². The van der Waals surface area contributed by atoms with Crippen molar-refractivity contribution in [1.29, 1.82) is 0 Å². The van der Waals surface area contributed by atoms with Crippen molar-refractivity contribution < 1.29 is 30.5 Å². The molecule has 1 aliphatic rings. The van der Waals surface area contributed by atoms with Crippen LogP contribution in [-0.2, 0) is 14.9 Å². The van der Waals surface area contributed by atoms with E-state index in [4.69, 9.17) is 4.74 Å². The van der Waals surface area contributed by atoms with Gasteiger partial charge in [0.25, 0.3) is 0 Å². The number of ether oxygens (including phenoxy) is 1. The van der Waals surface area contributed by atoms with Crippen LogP contribution in [0, 0.1) is 0 Å². The van der Waals surface area contributed by atoms with Gasteiger partial charge in [0.15, 0.2) is 0 Å². The van der Waals surface area contributed by atoms with E-state index in [0.29, 0.717) is 13.2 Å². The Morgan fingerprint density at radius 1 is 1.10 bits per heavy atom. The molecule has 0 bridgehead atoms. The first-order valence-electron chi connectivity index (χ1n) is 5.98. The molecule has 1 aromatic rings. The van der Waals surface area contributed by atoms with Crippen molar-refractivity contribution in [3.8, 4) is 5.75 Å². The molecule has 8 heteroatoms. The third kappa shape index (κ3) is 3.43. The maximum absolute atomic E-state index is 12.2. The van der Waals surface area contributed by atoms with E-state index in [1.165, 1.54) is 12.1 Å². The van der Waals surface area contributed by atoms with Gasteiger partial charge in [0, 0.05) is 13.2 Å². The van der Waals surface area contributed by atoms with Gasteiger partial charge in [0.1, 0.15) is 5.75 Å². The second-order valence-electron chi connectivity index (χ2n) is 4.44. The maximum Gasteiger partial charge on any atom is 0.534 e. The molecule has 0 N–H and O–H groups in total. The Morgan fingerprint density at radius 2 is 1.65 bits per heavy atom. The summed E-state index contributed by atoms with van der Waals surface area (Å²) in [4.78, 5) is 0. The first kappa shape index (κ1) is 15.1. The monoisotopic (exact) mass is 310 g/mol. The van der Waals surface area contributed by atoms with Gasteiger partial charge >= 0.3 is 15.6 Å². The lowest BCUT2D eigenvalue weighted by Crippen LogP contribution is -2.28. The lowest BCUT2D eigenvalue weighted by atomic mass is 9.92. The van der Waals surface area contributed by atoms with Crippen molar-refractivity contribution in [3.63, 3.8) is 0 Å². The lowest BCUT2D eigenvalue weighted by Gasteiger charge is -2.22. The van der Waals surface area contributed by atoms with Crippen LogP contribution in [0.1, 0.15) is 24.3 Å². The van der Waals surface area contributed by atoms with Crippen molar-refractivity contribution in [2.45, 2.75) is 24.3 Å². The van der Waals surface area contributed by atoms with Crippen LogP contribution in [0.15, 0.2) is 24.3 Å². The van der Waals surface area contributed by atoms with E-state index in [2.05, 4.69) is 4.18 Å². The summed E-state index contributed by atoms with van der Waals surface area (Å²) >= 11 is 0. The molecule has 1 heterocycles. The molecular weight excluding hydrogens is 297 g/mol. The molecule has 20 heavy (non-hydrogen) atoms. The van der Waals surface area contributed by atoms with Gasteiger partial charge in [-0.1, -0.05) is 12.1 Å². The minimum absolute atomic E-state index is 0.275. The highest BCUT2D eigenvalue weighted by Crippen LogP contribution is 2.30. The zero-order valence-electron chi connectivity index (χ0n) is 10.4. The SMILES string of the molecule is O=S(=O)(Oc1ccc(C2CCOCC2)cc1)C(F)(F)F. The zero-order valence-corrected chi connectivity index (χ0v) is 11.2. The number of hydrogen-bond acceptors (Lipinski definition) is 4. The summed E-state index contributed by atoms with van der Waals surface area (Å²) in [5.41, 5.74) is -4.49. The molecular formula is C12H13F3O4S. The first-order chi connectivity index (χ1) is 9.29. The molecule has 0 aliphatic carbocycles. The highest BCUT2D eigenvalue weighted by Gasteiger charge is 2.48. The molecule has 0 atom stereocenters. The molecule has 0 unspecified atom stereocenters. The quantitative estimate of drug-likeness (QED) is 0.636. The van der Waals surface area contributed by atoms with Gasteiger partial charge in [-0.05, 0) is 36.5 Å². The standard InChI is InChI=1S/C12H13F3O4S/c13-12(14,15)20(16,17)19-11-3-1-9(2-4-11)10-5-7-18-8-6-10/h1-4,10H,5-8H2. The van der Waals surface area contributed by atoms with Crippen molar-refractivity contribution in [1.82, 2.24) is 0 Å². The molecule has 112 valence electrons. The Balaban J connectivity index is 2.09. The van der Waals surface area contributed by atoms with Crippen LogP contribution in [0.4, 0.5) is 13.2 Å². The third-order valence-corrected chi connectivity index (χ3v) is 4.04. The molecule has 0 aromatic heterocycles. The summed E-state index contributed by atoms with van der Waals surface area (Å²) in [6.45, 7) is 1.29. The highest BCUT2D eigenvalue weighted by atomic mass is 32.2. The van der Waals surface area contributed by atoms with E-state index in [-0.39, 0.29) is 11.7 Å². The van der Waals surface area contributed by atoms with Crippen LogP contribution >= 0.6 is 0 Å². The maximum atomic E-state index is 12.2. The van der Waals surface area contributed by atoms with Gasteiger partial charge < -0.3 is 8.92 Å². The summed E-state index contributed by atoms with van der Waals surface area (Å²) < 4.78 is 67.4. The van der Waals surface area contributed by atoms with Gasteiger partial charge in [0.2, 0.25) is 0 Å². The van der Waals surface area contributed by atoms with Crippen LogP contribution in [-0.4, -0.2) is 27.1 Å². The fraction of sp³-hybridized carbons (Fsp3) is 0.500. The third-order valence-electron chi connectivity index (χ3n) is 3.06. The van der Waals surface area contributed by atoms with Crippen LogP contribution < -0.4 is 4.18 Å². The van der Waals surface area contributed by atoms with Crippen molar-refractivity contribution in [2.24, 2.45) is 0 Å². The van der Waals surface area contributed by atoms with E-state index in [9.17, 15) is 21.6 Å². The Kier molecular flexibility index (Phi) is 4.24.